The molecule has 4 heteroatoms. The van der Waals surface area contributed by atoms with Crippen LogP contribution in [0, 0.1) is 0 Å². The second kappa shape index (κ2) is 8.25. The Morgan fingerprint density at radius 1 is 1.35 bits per heavy atom. The van der Waals surface area contributed by atoms with E-state index in [-0.39, 0.29) is 0 Å². The van der Waals surface area contributed by atoms with E-state index >= 15 is 0 Å². The third kappa shape index (κ3) is 4.48. The topological polar surface area (TPSA) is 47.1 Å². The Labute approximate surface area is 104 Å². The van der Waals surface area contributed by atoms with Crippen molar-refractivity contribution >= 4 is 0 Å². The number of aromatic nitrogens is 2. The van der Waals surface area contributed by atoms with Gasteiger partial charge < -0.3 is 9.47 Å². The van der Waals surface area contributed by atoms with Crippen LogP contribution in [0.5, 0.6) is 0 Å². The number of rotatable bonds is 9. The minimum absolute atomic E-state index is 0.380. The van der Waals surface area contributed by atoms with Gasteiger partial charge in [-0.05, 0) is 31.2 Å². The molecule has 17 heavy (non-hydrogen) atoms. The molecule has 0 aliphatic heterocycles. The molecule has 1 N–H and O–H groups in total. The zero-order chi connectivity index (χ0) is 12.5. The van der Waals surface area contributed by atoms with Crippen LogP contribution in [-0.2, 0) is 15.9 Å². The molecular weight excluding hydrogens is 216 g/mol. The maximum Gasteiger partial charge on any atom is 0.146 e. The third-order valence-electron chi connectivity index (χ3n) is 3.06. The van der Waals surface area contributed by atoms with E-state index in [1.807, 2.05) is 6.20 Å². The monoisotopic (exact) mass is 240 g/mol. The predicted octanol–water partition coefficient (Wildman–Crippen LogP) is 2.87. The lowest BCUT2D eigenvalue weighted by Gasteiger charge is -2.11. The molecule has 1 aromatic rings. The molecule has 0 aliphatic carbocycles. The molecule has 0 fully saturated rings. The fourth-order valence-electron chi connectivity index (χ4n) is 2.06. The summed E-state index contributed by atoms with van der Waals surface area (Å²) in [6.07, 6.45) is 6.34. The van der Waals surface area contributed by atoms with Crippen molar-refractivity contribution in [1.29, 1.82) is 0 Å². The Bertz CT molecular complexity index is 295. The van der Waals surface area contributed by atoms with E-state index in [0.717, 1.165) is 32.3 Å². The van der Waals surface area contributed by atoms with Gasteiger partial charge in [0.25, 0.3) is 0 Å². The first kappa shape index (κ1) is 14.2. The van der Waals surface area contributed by atoms with Crippen molar-refractivity contribution in [1.82, 2.24) is 10.2 Å². The zero-order valence-electron chi connectivity index (χ0n) is 11.2. The molecule has 0 atom stereocenters. The summed E-state index contributed by atoms with van der Waals surface area (Å²) in [5.41, 5.74) is 2.57. The quantitative estimate of drug-likeness (QED) is 0.533. The van der Waals surface area contributed by atoms with Gasteiger partial charge in [-0.25, -0.2) is 0 Å². The predicted molar refractivity (Wildman–Crippen MR) is 68.1 cm³/mol. The van der Waals surface area contributed by atoms with Crippen LogP contribution < -0.4 is 0 Å². The molecule has 0 aliphatic rings. The summed E-state index contributed by atoms with van der Waals surface area (Å²) < 4.78 is 10.1. The first-order valence-corrected chi connectivity index (χ1v) is 6.42. The van der Waals surface area contributed by atoms with Gasteiger partial charge in [0.2, 0.25) is 0 Å². The van der Waals surface area contributed by atoms with Crippen molar-refractivity contribution in [3.05, 3.63) is 17.5 Å². The molecule has 1 heterocycles. The van der Waals surface area contributed by atoms with Crippen molar-refractivity contribution in [3.8, 4) is 0 Å². The van der Waals surface area contributed by atoms with Gasteiger partial charge >= 0.3 is 0 Å². The van der Waals surface area contributed by atoms with E-state index in [9.17, 15) is 0 Å². The van der Waals surface area contributed by atoms with Gasteiger partial charge in [-0.2, -0.15) is 5.10 Å². The molecule has 0 amide bonds. The Hall–Kier alpha value is -0.870. The molecule has 1 aromatic heterocycles. The lowest BCUT2D eigenvalue weighted by Crippen LogP contribution is -2.03. The molecule has 0 radical (unpaired) electrons. The highest BCUT2D eigenvalue weighted by Gasteiger charge is 2.14. The number of aryl methyl sites for hydroxylation is 1. The maximum atomic E-state index is 5.28. The molecule has 0 bridgehead atoms. The van der Waals surface area contributed by atoms with Gasteiger partial charge in [-0.1, -0.05) is 13.8 Å². The average Bonchev–Trinajstić information content (AvgIpc) is 2.79. The number of nitrogens with zero attached hydrogens (tertiary/aromatic N) is 1. The van der Waals surface area contributed by atoms with E-state index in [1.54, 1.807) is 7.11 Å². The number of methoxy groups -OCH3 is 1. The van der Waals surface area contributed by atoms with E-state index < -0.39 is 0 Å². The van der Waals surface area contributed by atoms with Gasteiger partial charge in [0.05, 0.1) is 5.69 Å². The van der Waals surface area contributed by atoms with Gasteiger partial charge in [0.15, 0.2) is 0 Å². The Morgan fingerprint density at radius 3 is 2.76 bits per heavy atom. The third-order valence-corrected chi connectivity index (χ3v) is 3.06. The van der Waals surface area contributed by atoms with Gasteiger partial charge in [0, 0.05) is 25.8 Å². The summed E-state index contributed by atoms with van der Waals surface area (Å²) >= 11 is 0. The number of H-pyrrole nitrogens is 1. The van der Waals surface area contributed by atoms with Crippen molar-refractivity contribution < 1.29 is 9.47 Å². The summed E-state index contributed by atoms with van der Waals surface area (Å²) in [5.74, 6) is 0.580. The summed E-state index contributed by atoms with van der Waals surface area (Å²) in [6.45, 7) is 5.55. The molecule has 0 spiro atoms. The first-order chi connectivity index (χ1) is 8.33. The van der Waals surface area contributed by atoms with Gasteiger partial charge in [-0.15, -0.1) is 0 Å². The van der Waals surface area contributed by atoms with E-state index in [1.165, 1.54) is 11.3 Å². The maximum absolute atomic E-state index is 5.28. The molecule has 98 valence electrons. The highest BCUT2D eigenvalue weighted by atomic mass is 16.7. The number of hydrogen-bond acceptors (Lipinski definition) is 3. The molecule has 0 unspecified atom stereocenters. The fraction of sp³-hybridized carbons (Fsp3) is 0.769. The lowest BCUT2D eigenvalue weighted by atomic mass is 9.95. The lowest BCUT2D eigenvalue weighted by molar-refractivity contribution is -0.0310. The summed E-state index contributed by atoms with van der Waals surface area (Å²) in [7, 11) is 1.64. The average molecular weight is 240 g/mol. The van der Waals surface area contributed by atoms with E-state index in [0.29, 0.717) is 12.7 Å². The smallest absolute Gasteiger partial charge is 0.146 e. The van der Waals surface area contributed by atoms with E-state index in [4.69, 9.17) is 9.47 Å². The summed E-state index contributed by atoms with van der Waals surface area (Å²) in [6, 6.07) is 0. The Kier molecular flexibility index (Phi) is 6.89. The van der Waals surface area contributed by atoms with Gasteiger partial charge in [0.1, 0.15) is 6.79 Å². The zero-order valence-corrected chi connectivity index (χ0v) is 11.2. The second-order valence-corrected chi connectivity index (χ2v) is 4.23. The van der Waals surface area contributed by atoms with Crippen molar-refractivity contribution in [3.63, 3.8) is 0 Å². The van der Waals surface area contributed by atoms with Crippen LogP contribution in [0.15, 0.2) is 6.20 Å². The van der Waals surface area contributed by atoms with Crippen LogP contribution >= 0.6 is 0 Å². The molecule has 0 saturated heterocycles. The van der Waals surface area contributed by atoms with Crippen LogP contribution in [0.4, 0.5) is 0 Å². The number of ether oxygens (including phenoxy) is 2. The number of aromatic amines is 1. The van der Waals surface area contributed by atoms with Crippen molar-refractivity contribution in [2.24, 2.45) is 0 Å². The molecule has 1 rings (SSSR count). The van der Waals surface area contributed by atoms with Crippen molar-refractivity contribution in [2.75, 3.05) is 20.5 Å². The highest BCUT2D eigenvalue weighted by molar-refractivity contribution is 5.20. The molecule has 0 saturated carbocycles. The summed E-state index contributed by atoms with van der Waals surface area (Å²) in [4.78, 5) is 0. The largest absolute Gasteiger partial charge is 0.359 e. The molecule has 4 nitrogen and oxygen atoms in total. The fourth-order valence-corrected chi connectivity index (χ4v) is 2.06. The highest BCUT2D eigenvalue weighted by Crippen LogP contribution is 2.24. The van der Waals surface area contributed by atoms with Crippen molar-refractivity contribution in [2.45, 2.75) is 45.4 Å². The second-order valence-electron chi connectivity index (χ2n) is 4.23. The molecular formula is C13H24N2O2. The van der Waals surface area contributed by atoms with Crippen LogP contribution in [0.3, 0.4) is 0 Å². The first-order valence-electron chi connectivity index (χ1n) is 6.42. The Balaban J connectivity index is 2.40. The Morgan fingerprint density at radius 2 is 2.12 bits per heavy atom. The minimum atomic E-state index is 0.380. The van der Waals surface area contributed by atoms with Crippen LogP contribution in [0.1, 0.15) is 50.3 Å². The van der Waals surface area contributed by atoms with E-state index in [2.05, 4.69) is 24.0 Å². The standard InChI is InChI=1S/C13H24N2O2/c1-4-11(5-2)13-12(9-14-15-13)7-6-8-17-10-16-3/h9,11H,4-8,10H2,1-3H3,(H,14,15). The van der Waals surface area contributed by atoms with Crippen LogP contribution in [0.2, 0.25) is 0 Å². The normalized spacial score (nSPS) is 11.3. The van der Waals surface area contributed by atoms with Gasteiger partial charge in [-0.3, -0.25) is 5.10 Å². The van der Waals surface area contributed by atoms with Crippen LogP contribution in [0.25, 0.3) is 0 Å². The minimum Gasteiger partial charge on any atom is -0.359 e. The SMILES string of the molecule is CCC(CC)c1n[nH]cc1CCCOCOC. The van der Waals surface area contributed by atoms with Crippen LogP contribution in [-0.4, -0.2) is 30.7 Å². The summed E-state index contributed by atoms with van der Waals surface area (Å²) in [5, 5.41) is 7.37. The number of hydrogen-bond donors (Lipinski definition) is 1. The molecule has 0 aromatic carbocycles. The number of nitrogens with one attached hydrogen (secondary N) is 1.